The smallest absolute Gasteiger partial charge is 0.169 e. The molecule has 1 aliphatic carbocycles. The Bertz CT molecular complexity index is 1290. The van der Waals surface area contributed by atoms with Crippen molar-refractivity contribution in [2.24, 2.45) is 5.92 Å². The number of nitrogens with zero attached hydrogens (tertiary/aromatic N) is 2. The molecule has 1 aliphatic rings. The standard InChI is InChI=1S/C23H31N7O3S/c1-33-23(26-8-3-9-34(2,31)32)14-4-7-19-17(11-14)20-21(27-13-28-22(20)30-19)29-16-5-6-18(25)15(10-16)12-24/h5-6,10,12-14,23-24,26H,3-4,7-9,11,25H2,1-2H3,(H2,27,28,29,30)/p+1. The molecule has 2 aromatic heterocycles. The molecule has 0 amide bonds. The van der Waals surface area contributed by atoms with Crippen molar-refractivity contribution in [3.8, 4) is 0 Å². The Balaban J connectivity index is 1.55. The molecule has 1 aromatic carbocycles. The van der Waals surface area contributed by atoms with E-state index in [0.717, 1.165) is 47.2 Å². The van der Waals surface area contributed by atoms with Crippen molar-refractivity contribution >= 4 is 44.3 Å². The van der Waals surface area contributed by atoms with Crippen molar-refractivity contribution < 1.29 is 18.6 Å². The Morgan fingerprint density at radius 1 is 1.38 bits per heavy atom. The zero-order chi connectivity index (χ0) is 24.3. The number of H-pyrrole nitrogens is 1. The van der Waals surface area contributed by atoms with Gasteiger partial charge in [0.1, 0.15) is 33.9 Å². The predicted molar refractivity (Wildman–Crippen MR) is 134 cm³/mol. The number of nitrogen functional groups attached to an aromatic ring is 1. The van der Waals surface area contributed by atoms with Crippen LogP contribution in [0.5, 0.6) is 0 Å². The molecule has 0 radical (unpaired) electrons. The van der Waals surface area contributed by atoms with Gasteiger partial charge >= 0.3 is 0 Å². The number of hydrogen-bond donors (Lipinski definition) is 5. The highest BCUT2D eigenvalue weighted by Crippen LogP contribution is 2.36. The van der Waals surface area contributed by atoms with E-state index >= 15 is 0 Å². The summed E-state index contributed by atoms with van der Waals surface area (Å²) in [5.41, 5.74) is 11.3. The molecule has 34 heavy (non-hydrogen) atoms. The van der Waals surface area contributed by atoms with Crippen LogP contribution in [0.15, 0.2) is 24.5 Å². The van der Waals surface area contributed by atoms with E-state index < -0.39 is 9.84 Å². The van der Waals surface area contributed by atoms with Crippen LogP contribution in [0.2, 0.25) is 0 Å². The molecule has 0 saturated carbocycles. The fraction of sp³-hybridized carbons (Fsp3) is 0.435. The first-order chi connectivity index (χ1) is 16.3. The molecule has 0 saturated heterocycles. The van der Waals surface area contributed by atoms with E-state index in [1.165, 1.54) is 18.0 Å². The molecule has 11 heteroatoms. The lowest BCUT2D eigenvalue weighted by molar-refractivity contribution is -0.104. The van der Waals surface area contributed by atoms with E-state index in [-0.39, 0.29) is 17.9 Å². The van der Waals surface area contributed by atoms with Crippen LogP contribution in [-0.4, -0.2) is 61.5 Å². The van der Waals surface area contributed by atoms with Crippen LogP contribution in [0.3, 0.4) is 0 Å². The first kappa shape index (κ1) is 24.1. The van der Waals surface area contributed by atoms with Gasteiger partial charge in [0.15, 0.2) is 6.21 Å². The number of aromatic amines is 1. The first-order valence-corrected chi connectivity index (χ1v) is 13.3. The molecule has 182 valence electrons. The number of fused-ring (bicyclic) bond motifs is 3. The summed E-state index contributed by atoms with van der Waals surface area (Å²) in [5.74, 6) is 1.11. The number of hydrogen-bond acceptors (Lipinski definition) is 8. The van der Waals surface area contributed by atoms with Crippen LogP contribution in [0.1, 0.15) is 29.7 Å². The van der Waals surface area contributed by atoms with Crippen LogP contribution in [-0.2, 0) is 27.4 Å². The molecular weight excluding hydrogens is 454 g/mol. The van der Waals surface area contributed by atoms with Gasteiger partial charge in [-0.05, 0) is 56.0 Å². The van der Waals surface area contributed by atoms with Crippen LogP contribution in [0.25, 0.3) is 11.0 Å². The average Bonchev–Trinajstić information content (AvgIpc) is 3.18. The number of nitrogens with two attached hydrogens (primary N) is 2. The molecule has 0 aliphatic heterocycles. The number of aromatic nitrogens is 3. The molecule has 4 rings (SSSR count). The number of aryl methyl sites for hydroxylation is 1. The van der Waals surface area contributed by atoms with Crippen LogP contribution in [0, 0.1) is 5.92 Å². The fourth-order valence-electron chi connectivity index (χ4n) is 4.58. The van der Waals surface area contributed by atoms with E-state index in [4.69, 9.17) is 15.9 Å². The summed E-state index contributed by atoms with van der Waals surface area (Å²) < 4.78 is 28.5. The minimum absolute atomic E-state index is 0.162. The molecule has 3 aromatic rings. The zero-order valence-corrected chi connectivity index (χ0v) is 20.3. The summed E-state index contributed by atoms with van der Waals surface area (Å²) in [4.78, 5) is 12.4. The highest BCUT2D eigenvalue weighted by Gasteiger charge is 2.30. The van der Waals surface area contributed by atoms with Crippen molar-refractivity contribution in [2.75, 3.05) is 36.7 Å². The highest BCUT2D eigenvalue weighted by atomic mass is 32.2. The molecule has 0 bridgehead atoms. The molecule has 2 atom stereocenters. The molecular formula is C23H32N7O3S+. The van der Waals surface area contributed by atoms with E-state index in [1.807, 2.05) is 12.1 Å². The van der Waals surface area contributed by atoms with Gasteiger partial charge < -0.3 is 20.8 Å². The third kappa shape index (κ3) is 5.37. The largest absolute Gasteiger partial charge is 0.398 e. The quantitative estimate of drug-likeness (QED) is 0.120. The Hall–Kier alpha value is -3.02. The molecule has 7 N–H and O–H groups in total. The number of methoxy groups -OCH3 is 1. The molecule has 10 nitrogen and oxygen atoms in total. The third-order valence-electron chi connectivity index (χ3n) is 6.26. The second-order valence-electron chi connectivity index (χ2n) is 8.76. The van der Waals surface area contributed by atoms with Crippen molar-refractivity contribution in [3.63, 3.8) is 0 Å². The van der Waals surface area contributed by atoms with Gasteiger partial charge in [-0.25, -0.2) is 18.4 Å². The molecule has 0 fully saturated rings. The Labute approximate surface area is 199 Å². The lowest BCUT2D eigenvalue weighted by Gasteiger charge is -2.30. The maximum atomic E-state index is 11.4. The van der Waals surface area contributed by atoms with Gasteiger partial charge in [-0.2, -0.15) is 0 Å². The Morgan fingerprint density at radius 2 is 2.21 bits per heavy atom. The summed E-state index contributed by atoms with van der Waals surface area (Å²) >= 11 is 0. The van der Waals surface area contributed by atoms with E-state index in [9.17, 15) is 8.42 Å². The average molecular weight is 487 g/mol. The predicted octanol–water partition coefficient (Wildman–Crippen LogP) is 0.563. The van der Waals surface area contributed by atoms with Gasteiger partial charge in [-0.1, -0.05) is 0 Å². The topological polar surface area (TPSA) is 161 Å². The van der Waals surface area contributed by atoms with Gasteiger partial charge in [0.05, 0.1) is 16.7 Å². The highest BCUT2D eigenvalue weighted by molar-refractivity contribution is 7.90. The molecule has 0 spiro atoms. The number of nitrogens with one attached hydrogen (secondary N) is 3. The van der Waals surface area contributed by atoms with Gasteiger partial charge in [0.2, 0.25) is 0 Å². The zero-order valence-electron chi connectivity index (χ0n) is 19.5. The Morgan fingerprint density at radius 3 is 2.94 bits per heavy atom. The summed E-state index contributed by atoms with van der Waals surface area (Å²) in [6, 6.07) is 5.58. The summed E-state index contributed by atoms with van der Waals surface area (Å²) in [7, 11) is -1.29. The summed E-state index contributed by atoms with van der Waals surface area (Å²) in [5, 5.41) is 13.4. The Kier molecular flexibility index (Phi) is 7.15. The normalized spacial score (nSPS) is 16.8. The fourth-order valence-corrected chi connectivity index (χ4v) is 5.24. The minimum atomic E-state index is -2.97. The lowest BCUT2D eigenvalue weighted by atomic mass is 9.85. The van der Waals surface area contributed by atoms with Gasteiger partial charge in [-0.3, -0.25) is 10.7 Å². The number of ether oxygens (including phenoxy) is 1. The van der Waals surface area contributed by atoms with Crippen molar-refractivity contribution in [2.45, 2.75) is 31.9 Å². The maximum absolute atomic E-state index is 11.4. The molecule has 2 unspecified atom stereocenters. The van der Waals surface area contributed by atoms with Crippen LogP contribution in [0.4, 0.5) is 17.2 Å². The van der Waals surface area contributed by atoms with Gasteiger partial charge in [0.25, 0.3) is 0 Å². The van der Waals surface area contributed by atoms with Crippen molar-refractivity contribution in [1.29, 1.82) is 0 Å². The van der Waals surface area contributed by atoms with Crippen LogP contribution < -0.4 is 21.8 Å². The minimum Gasteiger partial charge on any atom is -0.398 e. The monoisotopic (exact) mass is 486 g/mol. The summed E-state index contributed by atoms with van der Waals surface area (Å²) in [6.07, 6.45) is 7.27. The number of sulfone groups is 1. The van der Waals surface area contributed by atoms with Gasteiger partial charge in [0, 0.05) is 36.4 Å². The lowest BCUT2D eigenvalue weighted by Crippen LogP contribution is -2.41. The van der Waals surface area contributed by atoms with E-state index in [2.05, 4.69) is 25.6 Å². The van der Waals surface area contributed by atoms with Crippen molar-refractivity contribution in [1.82, 2.24) is 20.3 Å². The van der Waals surface area contributed by atoms with Crippen LogP contribution >= 0.6 is 0 Å². The van der Waals surface area contributed by atoms with E-state index in [1.54, 1.807) is 19.5 Å². The maximum Gasteiger partial charge on any atom is 0.169 e. The van der Waals surface area contributed by atoms with Gasteiger partial charge in [-0.15, -0.1) is 0 Å². The second-order valence-corrected chi connectivity index (χ2v) is 11.0. The number of rotatable bonds is 10. The van der Waals surface area contributed by atoms with E-state index in [0.29, 0.717) is 24.5 Å². The second kappa shape index (κ2) is 10.1. The third-order valence-corrected chi connectivity index (χ3v) is 7.29. The number of anilines is 3. The molecule has 2 heterocycles. The SMILES string of the molecule is COC(NCCCS(C)(=O)=O)C1CCc2[nH]c3ncnc(Nc4ccc(N)c(C=[NH2+])c4)c3c2C1. The summed E-state index contributed by atoms with van der Waals surface area (Å²) in [6.45, 7) is 0.580. The first-order valence-electron chi connectivity index (χ1n) is 11.3. The number of benzene rings is 1. The van der Waals surface area contributed by atoms with Crippen molar-refractivity contribution in [3.05, 3.63) is 41.3 Å².